The SMILES string of the molecule is CCCCC(CC)COC(=O)CCCCCCCCCC(C(C)C)C(C(=O)OCC(CC)CCCC)C(C)C. The summed E-state index contributed by atoms with van der Waals surface area (Å²) in [7, 11) is 0. The van der Waals surface area contributed by atoms with E-state index in [2.05, 4.69) is 55.4 Å². The van der Waals surface area contributed by atoms with E-state index in [-0.39, 0.29) is 17.9 Å². The zero-order valence-electron chi connectivity index (χ0n) is 27.5. The van der Waals surface area contributed by atoms with Crippen LogP contribution in [0.5, 0.6) is 0 Å². The normalized spacial score (nSPS) is 14.8. The molecule has 39 heavy (non-hydrogen) atoms. The molecule has 0 aliphatic heterocycles. The summed E-state index contributed by atoms with van der Waals surface area (Å²) < 4.78 is 11.4. The lowest BCUT2D eigenvalue weighted by atomic mass is 9.74. The van der Waals surface area contributed by atoms with Crippen LogP contribution < -0.4 is 0 Å². The highest BCUT2D eigenvalue weighted by Crippen LogP contribution is 2.33. The number of hydrogen-bond acceptors (Lipinski definition) is 4. The summed E-state index contributed by atoms with van der Waals surface area (Å²) >= 11 is 0. The van der Waals surface area contributed by atoms with Gasteiger partial charge in [-0.2, -0.15) is 0 Å². The molecule has 0 radical (unpaired) electrons. The summed E-state index contributed by atoms with van der Waals surface area (Å²) in [5.74, 6) is 2.18. The van der Waals surface area contributed by atoms with Crippen LogP contribution in [0.1, 0.15) is 165 Å². The number of ether oxygens (including phenoxy) is 2. The summed E-state index contributed by atoms with van der Waals surface area (Å²) in [6, 6.07) is 0. The minimum atomic E-state index is -0.0194. The molecule has 0 aromatic heterocycles. The molecule has 0 aliphatic rings. The second-order valence-corrected chi connectivity index (χ2v) is 12.8. The zero-order valence-corrected chi connectivity index (χ0v) is 27.5. The third-order valence-corrected chi connectivity index (χ3v) is 8.75. The molecule has 0 fully saturated rings. The molecule has 0 spiro atoms. The molecule has 0 N–H and O–H groups in total. The van der Waals surface area contributed by atoms with E-state index in [0.717, 1.165) is 38.5 Å². The van der Waals surface area contributed by atoms with Crippen LogP contribution >= 0.6 is 0 Å². The van der Waals surface area contributed by atoms with E-state index >= 15 is 0 Å². The van der Waals surface area contributed by atoms with E-state index in [1.54, 1.807) is 0 Å². The summed E-state index contributed by atoms with van der Waals surface area (Å²) in [6.45, 7) is 18.9. The van der Waals surface area contributed by atoms with Gasteiger partial charge in [-0.25, -0.2) is 0 Å². The lowest BCUT2D eigenvalue weighted by molar-refractivity contribution is -0.155. The molecule has 0 aliphatic carbocycles. The fourth-order valence-corrected chi connectivity index (χ4v) is 5.78. The first kappa shape index (κ1) is 37.9. The number of unbranched alkanes of at least 4 members (excludes halogenated alkanes) is 8. The van der Waals surface area contributed by atoms with Gasteiger partial charge in [0.15, 0.2) is 0 Å². The number of carbonyl (C=O) groups is 2. The van der Waals surface area contributed by atoms with E-state index in [1.165, 1.54) is 64.2 Å². The highest BCUT2D eigenvalue weighted by Gasteiger charge is 2.34. The first-order valence-corrected chi connectivity index (χ1v) is 17.0. The second kappa shape index (κ2) is 24.7. The van der Waals surface area contributed by atoms with E-state index < -0.39 is 0 Å². The van der Waals surface area contributed by atoms with Gasteiger partial charge in [0.2, 0.25) is 0 Å². The van der Waals surface area contributed by atoms with E-state index in [9.17, 15) is 9.59 Å². The van der Waals surface area contributed by atoms with Gasteiger partial charge in [0, 0.05) is 6.42 Å². The molecule has 0 saturated carbocycles. The molecule has 0 amide bonds. The number of rotatable bonds is 26. The largest absolute Gasteiger partial charge is 0.465 e. The van der Waals surface area contributed by atoms with Crippen LogP contribution in [-0.2, 0) is 19.1 Å². The van der Waals surface area contributed by atoms with Crippen molar-refractivity contribution in [2.24, 2.45) is 35.5 Å². The fourth-order valence-electron chi connectivity index (χ4n) is 5.78. The maximum atomic E-state index is 13.2. The molecule has 0 rings (SSSR count). The predicted molar refractivity (Wildman–Crippen MR) is 167 cm³/mol. The molecule has 4 atom stereocenters. The number of esters is 2. The molecule has 0 aromatic rings. The average Bonchev–Trinajstić information content (AvgIpc) is 2.91. The number of carbonyl (C=O) groups excluding carboxylic acids is 2. The van der Waals surface area contributed by atoms with Gasteiger partial charge < -0.3 is 9.47 Å². The monoisotopic (exact) mass is 553 g/mol. The Morgan fingerprint density at radius 1 is 0.564 bits per heavy atom. The molecule has 0 aromatic carbocycles. The molecule has 232 valence electrons. The van der Waals surface area contributed by atoms with Crippen molar-refractivity contribution in [3.8, 4) is 0 Å². The lowest BCUT2D eigenvalue weighted by Crippen LogP contribution is -2.34. The standard InChI is InChI=1S/C35H68O4/c1-9-13-22-30(11-3)26-38-33(36)25-21-19-17-15-16-18-20-24-32(28(5)6)34(29(7)8)35(37)39-27-31(12-4)23-14-10-2/h28-32,34H,9-27H2,1-8H3. The first-order valence-electron chi connectivity index (χ1n) is 17.0. The van der Waals surface area contributed by atoms with E-state index in [0.29, 0.717) is 49.2 Å². The third-order valence-electron chi connectivity index (χ3n) is 8.75. The van der Waals surface area contributed by atoms with Crippen molar-refractivity contribution < 1.29 is 19.1 Å². The summed E-state index contributed by atoms with van der Waals surface area (Å²) in [6.07, 6.45) is 19.1. The minimum Gasteiger partial charge on any atom is -0.465 e. The van der Waals surface area contributed by atoms with Crippen LogP contribution in [0.3, 0.4) is 0 Å². The number of hydrogen-bond donors (Lipinski definition) is 0. The zero-order chi connectivity index (χ0) is 29.5. The maximum absolute atomic E-state index is 13.2. The van der Waals surface area contributed by atoms with Gasteiger partial charge in [-0.1, -0.05) is 132 Å². The van der Waals surface area contributed by atoms with Crippen LogP contribution in [0, 0.1) is 35.5 Å². The van der Waals surface area contributed by atoms with E-state index in [1.807, 2.05) is 0 Å². The van der Waals surface area contributed by atoms with Crippen LogP contribution in [0.2, 0.25) is 0 Å². The van der Waals surface area contributed by atoms with Crippen molar-refractivity contribution >= 4 is 11.9 Å². The summed E-state index contributed by atoms with van der Waals surface area (Å²) in [5.41, 5.74) is 0. The fraction of sp³-hybridized carbons (Fsp3) is 0.943. The summed E-state index contributed by atoms with van der Waals surface area (Å²) in [5, 5.41) is 0. The molecule has 4 heteroatoms. The van der Waals surface area contributed by atoms with Gasteiger partial charge in [-0.05, 0) is 55.3 Å². The van der Waals surface area contributed by atoms with Gasteiger partial charge in [-0.3, -0.25) is 9.59 Å². The molecular weight excluding hydrogens is 484 g/mol. The van der Waals surface area contributed by atoms with Gasteiger partial charge in [0.1, 0.15) is 0 Å². The lowest BCUT2D eigenvalue weighted by Gasteiger charge is -2.32. The van der Waals surface area contributed by atoms with Crippen LogP contribution in [0.15, 0.2) is 0 Å². The molecular formula is C35H68O4. The summed E-state index contributed by atoms with van der Waals surface area (Å²) in [4.78, 5) is 25.2. The van der Waals surface area contributed by atoms with Crippen LogP contribution in [0.4, 0.5) is 0 Å². The highest BCUT2D eigenvalue weighted by molar-refractivity contribution is 5.73. The van der Waals surface area contributed by atoms with Gasteiger partial charge in [0.25, 0.3) is 0 Å². The van der Waals surface area contributed by atoms with Gasteiger partial charge >= 0.3 is 11.9 Å². The van der Waals surface area contributed by atoms with E-state index in [4.69, 9.17) is 9.47 Å². The third kappa shape index (κ3) is 18.8. The van der Waals surface area contributed by atoms with Crippen molar-refractivity contribution in [3.63, 3.8) is 0 Å². The second-order valence-electron chi connectivity index (χ2n) is 12.8. The topological polar surface area (TPSA) is 52.6 Å². The molecule has 4 nitrogen and oxygen atoms in total. The van der Waals surface area contributed by atoms with Gasteiger partial charge in [-0.15, -0.1) is 0 Å². The maximum Gasteiger partial charge on any atom is 0.309 e. The minimum absolute atomic E-state index is 0.00677. The molecule has 0 bridgehead atoms. The van der Waals surface area contributed by atoms with Crippen molar-refractivity contribution in [3.05, 3.63) is 0 Å². The Bertz CT molecular complexity index is 585. The van der Waals surface area contributed by atoms with Gasteiger partial charge in [0.05, 0.1) is 19.1 Å². The Balaban J connectivity index is 4.26. The quantitative estimate of drug-likeness (QED) is 0.0791. The highest BCUT2D eigenvalue weighted by atomic mass is 16.5. The van der Waals surface area contributed by atoms with Crippen molar-refractivity contribution in [2.45, 2.75) is 165 Å². The Morgan fingerprint density at radius 3 is 1.51 bits per heavy atom. The molecule has 4 unspecified atom stereocenters. The van der Waals surface area contributed by atoms with Crippen LogP contribution in [0.25, 0.3) is 0 Å². The van der Waals surface area contributed by atoms with Crippen molar-refractivity contribution in [1.29, 1.82) is 0 Å². The predicted octanol–water partition coefficient (Wildman–Crippen LogP) is 10.6. The van der Waals surface area contributed by atoms with Crippen molar-refractivity contribution in [1.82, 2.24) is 0 Å². The Labute approximate surface area is 244 Å². The average molecular weight is 553 g/mol. The Morgan fingerprint density at radius 2 is 1.05 bits per heavy atom. The molecule has 0 heterocycles. The first-order chi connectivity index (χ1) is 18.7. The van der Waals surface area contributed by atoms with Crippen LogP contribution in [-0.4, -0.2) is 25.2 Å². The van der Waals surface area contributed by atoms with Crippen molar-refractivity contribution in [2.75, 3.05) is 13.2 Å². The smallest absolute Gasteiger partial charge is 0.309 e. The Kier molecular flexibility index (Phi) is 24.0. The molecule has 0 saturated heterocycles. The Hall–Kier alpha value is -1.06.